The van der Waals surface area contributed by atoms with Gasteiger partial charge in [0.2, 0.25) is 0 Å². The van der Waals surface area contributed by atoms with Crippen LogP contribution < -0.4 is 0 Å². The van der Waals surface area contributed by atoms with Gasteiger partial charge in [0.1, 0.15) is 6.29 Å². The molecule has 1 aliphatic rings. The molecule has 0 N–H and O–H groups in total. The van der Waals surface area contributed by atoms with Crippen LogP contribution in [0.5, 0.6) is 0 Å². The molecule has 0 fully saturated rings. The van der Waals surface area contributed by atoms with Crippen molar-refractivity contribution in [2.75, 3.05) is 0 Å². The summed E-state index contributed by atoms with van der Waals surface area (Å²) in [6, 6.07) is 10.3. The van der Waals surface area contributed by atoms with E-state index < -0.39 is 0 Å². The number of carbonyl (C=O) groups is 1. The van der Waals surface area contributed by atoms with Crippen LogP contribution >= 0.6 is 0 Å². The first kappa shape index (κ1) is 11.1. The fourth-order valence-corrected chi connectivity index (χ4v) is 2.34. The van der Waals surface area contributed by atoms with E-state index in [2.05, 4.69) is 25.1 Å². The normalized spacial score (nSPS) is 24.9. The van der Waals surface area contributed by atoms with Crippen molar-refractivity contribution in [3.05, 3.63) is 47.5 Å². The topological polar surface area (TPSA) is 17.1 Å². The first-order valence-electron chi connectivity index (χ1n) is 5.90. The summed E-state index contributed by atoms with van der Waals surface area (Å²) in [4.78, 5) is 11.4. The van der Waals surface area contributed by atoms with E-state index >= 15 is 0 Å². The second-order valence-corrected chi connectivity index (χ2v) is 4.90. The van der Waals surface area contributed by atoms with Gasteiger partial charge in [-0.2, -0.15) is 0 Å². The highest BCUT2D eigenvalue weighted by Crippen LogP contribution is 2.36. The second kappa shape index (κ2) is 4.65. The standard InChI is InChI=1S/C15H18O/c1-13-7-9-15(12-16,10-8-13)11-14-5-3-2-4-6-14/h2-7,12H,8-11H2,1H3. The molecule has 2 rings (SSSR count). The Balaban J connectivity index is 2.15. The quantitative estimate of drug-likeness (QED) is 0.555. The Kier molecular flexibility index (Phi) is 3.23. The van der Waals surface area contributed by atoms with Crippen molar-refractivity contribution in [1.29, 1.82) is 0 Å². The molecule has 1 nitrogen and oxygen atoms in total. The van der Waals surface area contributed by atoms with E-state index in [-0.39, 0.29) is 5.41 Å². The van der Waals surface area contributed by atoms with Crippen molar-refractivity contribution in [2.45, 2.75) is 32.6 Å². The van der Waals surface area contributed by atoms with E-state index in [1.165, 1.54) is 17.4 Å². The lowest BCUT2D eigenvalue weighted by molar-refractivity contribution is -0.116. The summed E-state index contributed by atoms with van der Waals surface area (Å²) in [6.45, 7) is 2.15. The van der Waals surface area contributed by atoms with Gasteiger partial charge in [-0.15, -0.1) is 0 Å². The zero-order valence-corrected chi connectivity index (χ0v) is 9.78. The Morgan fingerprint density at radius 2 is 2.06 bits per heavy atom. The van der Waals surface area contributed by atoms with Crippen LogP contribution in [-0.4, -0.2) is 6.29 Å². The van der Waals surface area contributed by atoms with Crippen molar-refractivity contribution in [2.24, 2.45) is 5.41 Å². The maximum Gasteiger partial charge on any atom is 0.126 e. The minimum atomic E-state index is -0.152. The van der Waals surface area contributed by atoms with E-state index in [1.807, 2.05) is 18.2 Å². The SMILES string of the molecule is CC1=CCC(C=O)(Cc2ccccc2)CC1. The number of rotatable bonds is 3. The number of hydrogen-bond donors (Lipinski definition) is 0. The van der Waals surface area contributed by atoms with Crippen molar-refractivity contribution >= 4 is 6.29 Å². The molecule has 0 spiro atoms. The van der Waals surface area contributed by atoms with Crippen LogP contribution in [0, 0.1) is 5.41 Å². The van der Waals surface area contributed by atoms with Gasteiger partial charge in [-0.3, -0.25) is 0 Å². The van der Waals surface area contributed by atoms with E-state index in [0.717, 1.165) is 25.7 Å². The average Bonchev–Trinajstić information content (AvgIpc) is 2.34. The molecule has 0 bridgehead atoms. The van der Waals surface area contributed by atoms with E-state index in [0.29, 0.717) is 0 Å². The highest BCUT2D eigenvalue weighted by Gasteiger charge is 2.30. The van der Waals surface area contributed by atoms with E-state index in [4.69, 9.17) is 0 Å². The Hall–Kier alpha value is -1.37. The highest BCUT2D eigenvalue weighted by molar-refractivity contribution is 5.61. The summed E-state index contributed by atoms with van der Waals surface area (Å²) in [5, 5.41) is 0. The highest BCUT2D eigenvalue weighted by atomic mass is 16.1. The maximum atomic E-state index is 11.4. The van der Waals surface area contributed by atoms with Crippen molar-refractivity contribution in [3.63, 3.8) is 0 Å². The largest absolute Gasteiger partial charge is 0.303 e. The molecule has 0 saturated heterocycles. The summed E-state index contributed by atoms with van der Waals surface area (Å²) in [5.74, 6) is 0. The molecule has 1 aromatic carbocycles. The predicted octanol–water partition coefficient (Wildman–Crippen LogP) is 3.54. The second-order valence-electron chi connectivity index (χ2n) is 4.90. The molecule has 0 radical (unpaired) electrons. The summed E-state index contributed by atoms with van der Waals surface area (Å²) in [7, 11) is 0. The zero-order chi connectivity index (χ0) is 11.4. The number of aldehydes is 1. The molecule has 1 heteroatoms. The first-order valence-corrected chi connectivity index (χ1v) is 5.90. The third kappa shape index (κ3) is 2.41. The van der Waals surface area contributed by atoms with Crippen LogP contribution in [0.15, 0.2) is 42.0 Å². The summed E-state index contributed by atoms with van der Waals surface area (Å²) < 4.78 is 0. The van der Waals surface area contributed by atoms with Crippen LogP contribution in [0.1, 0.15) is 31.7 Å². The minimum Gasteiger partial charge on any atom is -0.303 e. The molecule has 84 valence electrons. The molecule has 1 aliphatic carbocycles. The minimum absolute atomic E-state index is 0.152. The van der Waals surface area contributed by atoms with Gasteiger partial charge < -0.3 is 4.79 Å². The van der Waals surface area contributed by atoms with Crippen LogP contribution in [0.3, 0.4) is 0 Å². The Labute approximate surface area is 97.2 Å². The fourth-order valence-electron chi connectivity index (χ4n) is 2.34. The van der Waals surface area contributed by atoms with E-state index in [1.54, 1.807) is 0 Å². The van der Waals surface area contributed by atoms with Gasteiger partial charge in [0, 0.05) is 5.41 Å². The first-order chi connectivity index (χ1) is 7.74. The van der Waals surface area contributed by atoms with Crippen LogP contribution in [0.2, 0.25) is 0 Å². The molecular weight excluding hydrogens is 196 g/mol. The molecule has 1 atom stereocenters. The molecule has 0 heterocycles. The van der Waals surface area contributed by atoms with Gasteiger partial charge in [-0.25, -0.2) is 0 Å². The van der Waals surface area contributed by atoms with Gasteiger partial charge >= 0.3 is 0 Å². The number of benzene rings is 1. The van der Waals surface area contributed by atoms with Gasteiger partial charge in [0.05, 0.1) is 0 Å². The van der Waals surface area contributed by atoms with Crippen LogP contribution in [-0.2, 0) is 11.2 Å². The Morgan fingerprint density at radius 3 is 2.62 bits per heavy atom. The van der Waals surface area contributed by atoms with E-state index in [9.17, 15) is 4.79 Å². The smallest absolute Gasteiger partial charge is 0.126 e. The van der Waals surface area contributed by atoms with Gasteiger partial charge in [0.15, 0.2) is 0 Å². The average molecular weight is 214 g/mol. The van der Waals surface area contributed by atoms with Crippen LogP contribution in [0.4, 0.5) is 0 Å². The van der Waals surface area contributed by atoms with Crippen LogP contribution in [0.25, 0.3) is 0 Å². The van der Waals surface area contributed by atoms with Gasteiger partial charge in [-0.05, 0) is 38.2 Å². The predicted molar refractivity (Wildman–Crippen MR) is 66.3 cm³/mol. The van der Waals surface area contributed by atoms with Gasteiger partial charge in [-0.1, -0.05) is 42.0 Å². The molecule has 0 saturated carbocycles. The third-order valence-corrected chi connectivity index (χ3v) is 3.52. The summed E-state index contributed by atoms with van der Waals surface area (Å²) in [5.41, 5.74) is 2.54. The molecule has 0 amide bonds. The maximum absolute atomic E-state index is 11.4. The number of hydrogen-bond acceptors (Lipinski definition) is 1. The number of carbonyl (C=O) groups excluding carboxylic acids is 1. The lowest BCUT2D eigenvalue weighted by atomic mass is 9.72. The molecular formula is C15H18O. The lowest BCUT2D eigenvalue weighted by Crippen LogP contribution is -2.27. The Morgan fingerprint density at radius 1 is 1.31 bits per heavy atom. The van der Waals surface area contributed by atoms with Crippen molar-refractivity contribution < 1.29 is 4.79 Å². The molecule has 1 unspecified atom stereocenters. The lowest BCUT2D eigenvalue weighted by Gasteiger charge is -2.30. The zero-order valence-electron chi connectivity index (χ0n) is 9.78. The molecule has 1 aromatic rings. The van der Waals surface area contributed by atoms with Crippen molar-refractivity contribution in [3.8, 4) is 0 Å². The molecule has 0 aromatic heterocycles. The number of allylic oxidation sites excluding steroid dienone is 2. The Bertz CT molecular complexity index is 391. The van der Waals surface area contributed by atoms with Gasteiger partial charge in [0.25, 0.3) is 0 Å². The fraction of sp³-hybridized carbons (Fsp3) is 0.400. The summed E-state index contributed by atoms with van der Waals surface area (Å²) >= 11 is 0. The molecule has 16 heavy (non-hydrogen) atoms. The summed E-state index contributed by atoms with van der Waals surface area (Å²) in [6.07, 6.45) is 7.22. The monoisotopic (exact) mass is 214 g/mol. The molecule has 0 aliphatic heterocycles. The third-order valence-electron chi connectivity index (χ3n) is 3.52. The van der Waals surface area contributed by atoms with Crippen molar-refractivity contribution in [1.82, 2.24) is 0 Å².